The third kappa shape index (κ3) is 5.47. The van der Waals surface area contributed by atoms with Crippen molar-refractivity contribution in [3.63, 3.8) is 0 Å². The van der Waals surface area contributed by atoms with Crippen molar-refractivity contribution in [3.05, 3.63) is 0 Å². The second kappa shape index (κ2) is 6.96. The van der Waals surface area contributed by atoms with Gasteiger partial charge in [-0.05, 0) is 44.7 Å². The Bertz CT molecular complexity index is 363. The molecule has 122 valence electrons. The van der Waals surface area contributed by atoms with Crippen LogP contribution in [0.25, 0.3) is 0 Å². The lowest BCUT2D eigenvalue weighted by Gasteiger charge is -2.28. The Balaban J connectivity index is 1.68. The topological polar surface area (TPSA) is 52.6 Å². The van der Waals surface area contributed by atoms with E-state index in [1.54, 1.807) is 0 Å². The Morgan fingerprint density at radius 1 is 1.29 bits per heavy atom. The Kier molecular flexibility index (Phi) is 5.48. The summed E-state index contributed by atoms with van der Waals surface area (Å²) in [6, 6.07) is 0.191. The van der Waals surface area contributed by atoms with Gasteiger partial charge in [0.2, 0.25) is 0 Å². The van der Waals surface area contributed by atoms with Gasteiger partial charge in [0.15, 0.2) is 0 Å². The lowest BCUT2D eigenvalue weighted by atomic mass is 9.85. The zero-order valence-corrected chi connectivity index (χ0v) is 12.0. The maximum absolute atomic E-state index is 12.3. The third-order valence-electron chi connectivity index (χ3n) is 4.49. The van der Waals surface area contributed by atoms with Crippen LogP contribution in [-0.4, -0.2) is 54.4 Å². The number of nitrogens with one attached hydrogen (secondary N) is 1. The molecule has 1 saturated heterocycles. The molecule has 1 heterocycles. The highest BCUT2D eigenvalue weighted by Crippen LogP contribution is 2.26. The minimum atomic E-state index is -4.12. The van der Waals surface area contributed by atoms with Gasteiger partial charge >= 0.3 is 12.1 Å². The Morgan fingerprint density at radius 2 is 2.05 bits per heavy atom. The van der Waals surface area contributed by atoms with E-state index in [-0.39, 0.29) is 17.9 Å². The van der Waals surface area contributed by atoms with Crippen LogP contribution >= 0.6 is 0 Å². The smallest absolute Gasteiger partial charge is 0.401 e. The Hall–Kier alpha value is -0.820. The van der Waals surface area contributed by atoms with Gasteiger partial charge in [0.1, 0.15) is 0 Å². The van der Waals surface area contributed by atoms with Crippen LogP contribution in [0.5, 0.6) is 0 Å². The van der Waals surface area contributed by atoms with Gasteiger partial charge in [-0.15, -0.1) is 0 Å². The molecule has 0 aromatic rings. The summed E-state index contributed by atoms with van der Waals surface area (Å²) in [6.07, 6.45) is -0.120. The SMILES string of the molecule is O=C(O)C1CCCC(NCC2CCN(CC(F)(F)F)C2)C1. The van der Waals surface area contributed by atoms with Crippen molar-refractivity contribution in [2.45, 2.75) is 44.3 Å². The normalized spacial score (nSPS) is 31.5. The molecule has 2 fully saturated rings. The number of aliphatic carboxylic acids is 1. The summed E-state index contributed by atoms with van der Waals surface area (Å²) in [5.41, 5.74) is 0. The van der Waals surface area contributed by atoms with Gasteiger partial charge in [0.25, 0.3) is 0 Å². The first kappa shape index (κ1) is 16.5. The number of carboxylic acids is 1. The van der Waals surface area contributed by atoms with E-state index in [2.05, 4.69) is 5.32 Å². The van der Waals surface area contributed by atoms with Crippen molar-refractivity contribution in [1.82, 2.24) is 10.2 Å². The average molecular weight is 308 g/mol. The molecule has 0 spiro atoms. The summed E-state index contributed by atoms with van der Waals surface area (Å²) in [5.74, 6) is -0.780. The maximum atomic E-state index is 12.3. The molecule has 0 amide bonds. The van der Waals surface area contributed by atoms with Gasteiger partial charge in [0, 0.05) is 12.6 Å². The number of halogens is 3. The van der Waals surface area contributed by atoms with Crippen molar-refractivity contribution in [2.75, 3.05) is 26.2 Å². The number of nitrogens with zero attached hydrogens (tertiary/aromatic N) is 1. The van der Waals surface area contributed by atoms with E-state index in [1.807, 2.05) is 0 Å². The number of likely N-dealkylation sites (tertiary alicyclic amines) is 1. The summed E-state index contributed by atoms with van der Waals surface area (Å²) in [5, 5.41) is 12.4. The van der Waals surface area contributed by atoms with Crippen LogP contribution in [0, 0.1) is 11.8 Å². The summed E-state index contributed by atoms with van der Waals surface area (Å²) < 4.78 is 37.0. The van der Waals surface area contributed by atoms with Crippen molar-refractivity contribution in [1.29, 1.82) is 0 Å². The number of carboxylic acid groups (broad SMARTS) is 1. The molecule has 2 N–H and O–H groups in total. The van der Waals surface area contributed by atoms with Gasteiger partial charge in [-0.2, -0.15) is 13.2 Å². The predicted octanol–water partition coefficient (Wildman–Crippen LogP) is 2.10. The average Bonchev–Trinajstić information content (AvgIpc) is 2.82. The fourth-order valence-corrected chi connectivity index (χ4v) is 3.41. The zero-order chi connectivity index (χ0) is 15.5. The van der Waals surface area contributed by atoms with Crippen LogP contribution in [0.15, 0.2) is 0 Å². The predicted molar refractivity (Wildman–Crippen MR) is 72.0 cm³/mol. The van der Waals surface area contributed by atoms with Crippen LogP contribution in [0.4, 0.5) is 13.2 Å². The maximum Gasteiger partial charge on any atom is 0.401 e. The van der Waals surface area contributed by atoms with E-state index in [9.17, 15) is 18.0 Å². The van der Waals surface area contributed by atoms with E-state index in [4.69, 9.17) is 5.11 Å². The quantitative estimate of drug-likeness (QED) is 0.817. The number of alkyl halides is 3. The first-order valence-electron chi connectivity index (χ1n) is 7.59. The molecule has 3 unspecified atom stereocenters. The molecule has 3 atom stereocenters. The molecule has 7 heteroatoms. The van der Waals surface area contributed by atoms with Crippen molar-refractivity contribution in [2.24, 2.45) is 11.8 Å². The molecular formula is C14H23F3N2O2. The monoisotopic (exact) mass is 308 g/mol. The first-order valence-corrected chi connectivity index (χ1v) is 7.59. The molecular weight excluding hydrogens is 285 g/mol. The standard InChI is InChI=1S/C14H23F3N2O2/c15-14(16,17)9-19-5-4-10(8-19)7-18-12-3-1-2-11(6-12)13(20)21/h10-12,18H,1-9H2,(H,20,21). The fraction of sp³-hybridized carbons (Fsp3) is 0.929. The second-order valence-electron chi connectivity index (χ2n) is 6.31. The minimum Gasteiger partial charge on any atom is -0.481 e. The largest absolute Gasteiger partial charge is 0.481 e. The van der Waals surface area contributed by atoms with E-state index < -0.39 is 18.7 Å². The van der Waals surface area contributed by atoms with E-state index >= 15 is 0 Å². The Morgan fingerprint density at radius 3 is 2.71 bits per heavy atom. The van der Waals surface area contributed by atoms with Crippen LogP contribution in [-0.2, 0) is 4.79 Å². The molecule has 0 aromatic heterocycles. The van der Waals surface area contributed by atoms with Crippen molar-refractivity contribution in [3.8, 4) is 0 Å². The molecule has 1 aliphatic carbocycles. The molecule has 4 nitrogen and oxygen atoms in total. The van der Waals surface area contributed by atoms with Crippen molar-refractivity contribution >= 4 is 5.97 Å². The first-order chi connectivity index (χ1) is 9.83. The minimum absolute atomic E-state index is 0.191. The highest BCUT2D eigenvalue weighted by atomic mass is 19.4. The Labute approximate surface area is 122 Å². The molecule has 0 aromatic carbocycles. The molecule has 21 heavy (non-hydrogen) atoms. The number of rotatable bonds is 5. The van der Waals surface area contributed by atoms with Gasteiger partial charge in [0.05, 0.1) is 12.5 Å². The van der Waals surface area contributed by atoms with Gasteiger partial charge in [-0.1, -0.05) is 6.42 Å². The van der Waals surface area contributed by atoms with Crippen LogP contribution in [0.1, 0.15) is 32.1 Å². The van der Waals surface area contributed by atoms with Gasteiger partial charge in [-0.3, -0.25) is 9.69 Å². The molecule has 2 rings (SSSR count). The lowest BCUT2D eigenvalue weighted by Crippen LogP contribution is -2.39. The summed E-state index contributed by atoms with van der Waals surface area (Å²) in [4.78, 5) is 12.4. The fourth-order valence-electron chi connectivity index (χ4n) is 3.41. The summed E-state index contributed by atoms with van der Waals surface area (Å²) in [7, 11) is 0. The van der Waals surface area contributed by atoms with Crippen molar-refractivity contribution < 1.29 is 23.1 Å². The van der Waals surface area contributed by atoms with Gasteiger partial charge < -0.3 is 10.4 Å². The van der Waals surface area contributed by atoms with Crippen LogP contribution < -0.4 is 5.32 Å². The third-order valence-corrected chi connectivity index (χ3v) is 4.49. The number of hydrogen-bond acceptors (Lipinski definition) is 3. The molecule has 1 saturated carbocycles. The highest BCUT2D eigenvalue weighted by Gasteiger charge is 2.34. The second-order valence-corrected chi connectivity index (χ2v) is 6.31. The number of hydrogen-bond donors (Lipinski definition) is 2. The van der Waals surface area contributed by atoms with Crippen LogP contribution in [0.3, 0.4) is 0 Å². The van der Waals surface area contributed by atoms with E-state index in [0.29, 0.717) is 26.1 Å². The molecule has 2 aliphatic rings. The summed E-state index contributed by atoms with van der Waals surface area (Å²) >= 11 is 0. The lowest BCUT2D eigenvalue weighted by molar-refractivity contribution is -0.144. The highest BCUT2D eigenvalue weighted by molar-refractivity contribution is 5.70. The van der Waals surface area contributed by atoms with Crippen LogP contribution in [0.2, 0.25) is 0 Å². The van der Waals surface area contributed by atoms with Gasteiger partial charge in [-0.25, -0.2) is 0 Å². The summed E-state index contributed by atoms with van der Waals surface area (Å²) in [6.45, 7) is 0.829. The molecule has 0 bridgehead atoms. The van der Waals surface area contributed by atoms with E-state index in [1.165, 1.54) is 4.90 Å². The van der Waals surface area contributed by atoms with E-state index in [0.717, 1.165) is 25.7 Å². The number of carbonyl (C=O) groups is 1. The molecule has 0 radical (unpaired) electrons. The molecule has 1 aliphatic heterocycles. The zero-order valence-electron chi connectivity index (χ0n) is 12.0.